The van der Waals surface area contributed by atoms with Crippen LogP contribution in [-0.4, -0.2) is 44.9 Å². The lowest BCUT2D eigenvalue weighted by Crippen LogP contribution is -2.31. The van der Waals surface area contributed by atoms with Gasteiger partial charge in [0.1, 0.15) is 11.4 Å². The molecule has 1 N–H and O–H groups in total. The summed E-state index contributed by atoms with van der Waals surface area (Å²) in [5, 5.41) is 8.80. The number of carbonyl (C=O) groups is 2. The molecule has 0 saturated carbocycles. The lowest BCUT2D eigenvalue weighted by molar-refractivity contribution is -0.137. The second kappa shape index (κ2) is 5.85. The molecule has 0 aliphatic rings. The zero-order valence-electron chi connectivity index (χ0n) is 12.7. The lowest BCUT2D eigenvalue weighted by atomic mass is 10.2. The first-order chi connectivity index (χ1) is 11.0. The number of rotatable bonds is 4. The third-order valence-electron chi connectivity index (χ3n) is 3.54. The molecule has 118 valence electrons. The fraction of sp³-hybridized carbons (Fsp3) is 0.188. The zero-order valence-corrected chi connectivity index (χ0v) is 13.5. The highest BCUT2D eigenvalue weighted by Crippen LogP contribution is 2.27. The van der Waals surface area contributed by atoms with Crippen LogP contribution in [0.4, 0.5) is 0 Å². The standard InChI is InChI=1S/C16H15N3O3S/c1-10-14(15(22)18(2)9-13(20)21)23-16-17-12(8-19(10)16)11-6-4-3-5-7-11/h3-8H,9H2,1-2H3,(H,20,21). The minimum absolute atomic E-state index is 0.304. The first-order valence-corrected chi connectivity index (χ1v) is 7.80. The van der Waals surface area contributed by atoms with Crippen molar-refractivity contribution in [3.63, 3.8) is 0 Å². The maximum atomic E-state index is 12.4. The van der Waals surface area contributed by atoms with Crippen molar-refractivity contribution in [1.29, 1.82) is 0 Å². The molecule has 0 unspecified atom stereocenters. The van der Waals surface area contributed by atoms with Crippen molar-refractivity contribution in [1.82, 2.24) is 14.3 Å². The average molecular weight is 329 g/mol. The molecule has 0 radical (unpaired) electrons. The van der Waals surface area contributed by atoms with Gasteiger partial charge in [-0.15, -0.1) is 0 Å². The molecule has 2 heterocycles. The number of imidazole rings is 1. The molecule has 0 bridgehead atoms. The van der Waals surface area contributed by atoms with Crippen molar-refractivity contribution in [2.45, 2.75) is 6.92 Å². The lowest BCUT2D eigenvalue weighted by Gasteiger charge is -2.13. The van der Waals surface area contributed by atoms with Gasteiger partial charge in [-0.25, -0.2) is 4.98 Å². The van der Waals surface area contributed by atoms with Crippen LogP contribution in [0.25, 0.3) is 16.2 Å². The van der Waals surface area contributed by atoms with Crippen molar-refractivity contribution >= 4 is 28.2 Å². The van der Waals surface area contributed by atoms with Crippen LogP contribution < -0.4 is 0 Å². The van der Waals surface area contributed by atoms with Crippen LogP contribution in [0.15, 0.2) is 36.5 Å². The number of nitrogens with zero attached hydrogens (tertiary/aromatic N) is 3. The van der Waals surface area contributed by atoms with Gasteiger partial charge in [0.25, 0.3) is 5.91 Å². The summed E-state index contributed by atoms with van der Waals surface area (Å²) in [5.74, 6) is -1.34. The number of benzene rings is 1. The van der Waals surface area contributed by atoms with Gasteiger partial charge in [0.15, 0.2) is 4.96 Å². The van der Waals surface area contributed by atoms with Gasteiger partial charge in [0.05, 0.1) is 5.69 Å². The van der Waals surface area contributed by atoms with E-state index in [9.17, 15) is 9.59 Å². The molecule has 1 aromatic carbocycles. The van der Waals surface area contributed by atoms with E-state index in [1.54, 1.807) is 0 Å². The summed E-state index contributed by atoms with van der Waals surface area (Å²) >= 11 is 1.27. The number of aromatic nitrogens is 2. The van der Waals surface area contributed by atoms with Gasteiger partial charge in [-0.2, -0.15) is 0 Å². The van der Waals surface area contributed by atoms with Gasteiger partial charge < -0.3 is 10.0 Å². The number of hydrogen-bond donors (Lipinski definition) is 1. The molecule has 3 aromatic rings. The number of carbonyl (C=O) groups excluding carboxylic acids is 1. The number of aryl methyl sites for hydroxylation is 1. The molecule has 1 amide bonds. The number of fused-ring (bicyclic) bond motifs is 1. The van der Waals surface area contributed by atoms with E-state index >= 15 is 0 Å². The number of aliphatic carboxylic acids is 1. The number of amides is 1. The van der Waals surface area contributed by atoms with Crippen LogP contribution in [0.3, 0.4) is 0 Å². The summed E-state index contributed by atoms with van der Waals surface area (Å²) in [7, 11) is 1.48. The topological polar surface area (TPSA) is 74.9 Å². The normalized spacial score (nSPS) is 10.9. The van der Waals surface area contributed by atoms with Crippen LogP contribution in [0.5, 0.6) is 0 Å². The number of carboxylic acid groups (broad SMARTS) is 1. The minimum atomic E-state index is -1.04. The maximum absolute atomic E-state index is 12.4. The van der Waals surface area contributed by atoms with E-state index in [2.05, 4.69) is 4.98 Å². The molecule has 23 heavy (non-hydrogen) atoms. The Morgan fingerprint density at radius 3 is 2.61 bits per heavy atom. The van der Waals surface area contributed by atoms with Crippen molar-refractivity contribution in [2.75, 3.05) is 13.6 Å². The minimum Gasteiger partial charge on any atom is -0.480 e. The Balaban J connectivity index is 1.96. The molecule has 0 spiro atoms. The summed E-state index contributed by atoms with van der Waals surface area (Å²) < 4.78 is 1.87. The van der Waals surface area contributed by atoms with Crippen LogP contribution in [0.1, 0.15) is 15.4 Å². The zero-order chi connectivity index (χ0) is 16.6. The Morgan fingerprint density at radius 1 is 1.30 bits per heavy atom. The third kappa shape index (κ3) is 2.83. The summed E-state index contributed by atoms with van der Waals surface area (Å²) in [6, 6.07) is 9.81. The van der Waals surface area contributed by atoms with Crippen molar-refractivity contribution < 1.29 is 14.7 Å². The second-order valence-electron chi connectivity index (χ2n) is 5.22. The van der Waals surface area contributed by atoms with Gasteiger partial charge in [0.2, 0.25) is 0 Å². The summed E-state index contributed by atoms with van der Waals surface area (Å²) in [5.41, 5.74) is 2.62. The van der Waals surface area contributed by atoms with Crippen LogP contribution in [-0.2, 0) is 4.79 Å². The second-order valence-corrected chi connectivity index (χ2v) is 6.19. The molecular formula is C16H15N3O3S. The molecule has 0 fully saturated rings. The van der Waals surface area contributed by atoms with Gasteiger partial charge in [0, 0.05) is 24.5 Å². The van der Waals surface area contributed by atoms with E-state index in [4.69, 9.17) is 5.11 Å². The third-order valence-corrected chi connectivity index (χ3v) is 4.68. The molecule has 0 saturated heterocycles. The predicted octanol–water partition coefficient (Wildman–Crippen LogP) is 2.53. The number of likely N-dealkylation sites (N-methyl/N-ethyl adjacent to an activating group) is 1. The van der Waals surface area contributed by atoms with E-state index < -0.39 is 5.97 Å². The van der Waals surface area contributed by atoms with E-state index in [1.807, 2.05) is 47.9 Å². The number of thiazole rings is 1. The van der Waals surface area contributed by atoms with Gasteiger partial charge >= 0.3 is 5.97 Å². The Labute approximate surface area is 136 Å². The summed E-state index contributed by atoms with van der Waals surface area (Å²) in [6.45, 7) is 1.51. The average Bonchev–Trinajstić information content (AvgIpc) is 3.07. The molecule has 0 aliphatic carbocycles. The van der Waals surface area contributed by atoms with Gasteiger partial charge in [-0.1, -0.05) is 41.7 Å². The largest absolute Gasteiger partial charge is 0.480 e. The number of carboxylic acids is 1. The fourth-order valence-electron chi connectivity index (χ4n) is 2.34. The molecular weight excluding hydrogens is 314 g/mol. The molecule has 6 nitrogen and oxygen atoms in total. The Bertz CT molecular complexity index is 883. The molecule has 2 aromatic heterocycles. The highest BCUT2D eigenvalue weighted by Gasteiger charge is 2.22. The van der Waals surface area contributed by atoms with E-state index in [1.165, 1.54) is 23.3 Å². The van der Waals surface area contributed by atoms with Crippen molar-refractivity contribution in [3.8, 4) is 11.3 Å². The highest BCUT2D eigenvalue weighted by molar-refractivity contribution is 7.19. The smallest absolute Gasteiger partial charge is 0.323 e. The Hall–Kier alpha value is -2.67. The molecule has 3 rings (SSSR count). The molecule has 7 heteroatoms. The van der Waals surface area contributed by atoms with Crippen molar-refractivity contribution in [3.05, 3.63) is 47.1 Å². The van der Waals surface area contributed by atoms with Crippen LogP contribution in [0, 0.1) is 6.92 Å². The van der Waals surface area contributed by atoms with Crippen LogP contribution >= 0.6 is 11.3 Å². The monoisotopic (exact) mass is 329 g/mol. The maximum Gasteiger partial charge on any atom is 0.323 e. The van der Waals surface area contributed by atoms with E-state index in [0.717, 1.165) is 17.0 Å². The van der Waals surface area contributed by atoms with Gasteiger partial charge in [-0.05, 0) is 6.92 Å². The Morgan fingerprint density at radius 2 is 2.00 bits per heavy atom. The highest BCUT2D eigenvalue weighted by atomic mass is 32.1. The SMILES string of the molecule is Cc1c(C(=O)N(C)CC(=O)O)sc2nc(-c3ccccc3)cn12. The van der Waals surface area contributed by atoms with Crippen LogP contribution in [0.2, 0.25) is 0 Å². The summed E-state index contributed by atoms with van der Waals surface area (Å²) in [6.07, 6.45) is 1.89. The first-order valence-electron chi connectivity index (χ1n) is 6.98. The number of hydrogen-bond acceptors (Lipinski definition) is 4. The fourth-order valence-corrected chi connectivity index (χ4v) is 3.45. The summed E-state index contributed by atoms with van der Waals surface area (Å²) in [4.78, 5) is 30.1. The first kappa shape index (κ1) is 15.2. The Kier molecular flexibility index (Phi) is 3.87. The van der Waals surface area contributed by atoms with E-state index in [0.29, 0.717) is 9.84 Å². The quantitative estimate of drug-likeness (QED) is 0.798. The van der Waals surface area contributed by atoms with E-state index in [-0.39, 0.29) is 12.5 Å². The predicted molar refractivity (Wildman–Crippen MR) is 87.8 cm³/mol. The van der Waals surface area contributed by atoms with Gasteiger partial charge in [-0.3, -0.25) is 14.0 Å². The molecule has 0 atom stereocenters. The molecule has 0 aliphatic heterocycles. The van der Waals surface area contributed by atoms with Crippen molar-refractivity contribution in [2.24, 2.45) is 0 Å².